The van der Waals surface area contributed by atoms with Gasteiger partial charge in [-0.05, 0) is 63.9 Å². The summed E-state index contributed by atoms with van der Waals surface area (Å²) in [5.74, 6) is 1.69. The molecule has 0 radical (unpaired) electrons. The highest BCUT2D eigenvalue weighted by Crippen LogP contribution is 2.31. The number of rotatable bonds is 2. The Hall–Kier alpha value is -1.23. The molecule has 2 aromatic carbocycles. The lowest BCUT2D eigenvalue weighted by atomic mass is 9.87. The van der Waals surface area contributed by atoms with Crippen molar-refractivity contribution in [2.75, 3.05) is 5.73 Å². The second-order valence-electron chi connectivity index (χ2n) is 5.57. The maximum atomic E-state index is 5.94. The fraction of sp³-hybridized carbons (Fsp3) is 0.250. The van der Waals surface area contributed by atoms with E-state index < -0.39 is 0 Å². The van der Waals surface area contributed by atoms with Gasteiger partial charge >= 0.3 is 0 Å². The van der Waals surface area contributed by atoms with Crippen molar-refractivity contribution < 1.29 is 4.74 Å². The largest absolute Gasteiger partial charge is 0.456 e. The van der Waals surface area contributed by atoms with E-state index in [1.807, 2.05) is 30.3 Å². The van der Waals surface area contributed by atoms with Gasteiger partial charge < -0.3 is 10.5 Å². The molecule has 100 valence electrons. The average molecular weight is 367 g/mol. The van der Waals surface area contributed by atoms with Gasteiger partial charge in [-0.25, -0.2) is 0 Å². The van der Waals surface area contributed by atoms with Crippen LogP contribution in [0.2, 0.25) is 0 Å². The molecule has 0 fully saturated rings. The minimum Gasteiger partial charge on any atom is -0.456 e. The third-order valence-electron chi connectivity index (χ3n) is 2.88. The van der Waals surface area contributed by atoms with E-state index >= 15 is 0 Å². The van der Waals surface area contributed by atoms with Gasteiger partial charge in [-0.1, -0.05) is 32.9 Å². The van der Waals surface area contributed by atoms with Crippen LogP contribution in [-0.4, -0.2) is 0 Å². The monoisotopic (exact) mass is 367 g/mol. The van der Waals surface area contributed by atoms with Crippen molar-refractivity contribution >= 4 is 28.3 Å². The zero-order valence-corrected chi connectivity index (χ0v) is 13.6. The fourth-order valence-electron chi connectivity index (χ4n) is 1.75. The van der Waals surface area contributed by atoms with Crippen LogP contribution in [0.5, 0.6) is 11.5 Å². The minimum absolute atomic E-state index is 0.119. The molecule has 0 amide bonds. The van der Waals surface area contributed by atoms with E-state index in [4.69, 9.17) is 10.5 Å². The Kier molecular flexibility index (Phi) is 4.04. The van der Waals surface area contributed by atoms with Crippen molar-refractivity contribution in [2.24, 2.45) is 0 Å². The van der Waals surface area contributed by atoms with Crippen molar-refractivity contribution in [2.45, 2.75) is 26.2 Å². The molecule has 0 aliphatic carbocycles. The lowest BCUT2D eigenvalue weighted by Crippen LogP contribution is -2.10. The normalized spacial score (nSPS) is 11.4. The number of nitrogen functional groups attached to an aromatic ring is 1. The second-order valence-corrected chi connectivity index (χ2v) is 6.73. The second kappa shape index (κ2) is 5.41. The summed E-state index contributed by atoms with van der Waals surface area (Å²) in [6.07, 6.45) is 0. The Balaban J connectivity index is 2.29. The maximum absolute atomic E-state index is 5.94. The van der Waals surface area contributed by atoms with Gasteiger partial charge in [-0.2, -0.15) is 0 Å². The molecule has 2 aromatic rings. The molecular formula is C16H18INO. The zero-order valence-electron chi connectivity index (χ0n) is 11.4. The van der Waals surface area contributed by atoms with Crippen molar-refractivity contribution in [1.29, 1.82) is 0 Å². The van der Waals surface area contributed by atoms with Gasteiger partial charge in [-0.15, -0.1) is 0 Å². The molecule has 0 spiro atoms. The van der Waals surface area contributed by atoms with Crippen LogP contribution in [0.1, 0.15) is 26.3 Å². The summed E-state index contributed by atoms with van der Waals surface area (Å²) in [5, 5.41) is 0. The van der Waals surface area contributed by atoms with E-state index in [0.717, 1.165) is 20.8 Å². The molecule has 0 aliphatic rings. The first-order valence-corrected chi connectivity index (χ1v) is 7.27. The van der Waals surface area contributed by atoms with E-state index in [9.17, 15) is 0 Å². The summed E-state index contributed by atoms with van der Waals surface area (Å²) < 4.78 is 6.95. The number of hydrogen-bond acceptors (Lipinski definition) is 2. The molecule has 2 N–H and O–H groups in total. The Morgan fingerprint density at radius 2 is 1.79 bits per heavy atom. The molecule has 19 heavy (non-hydrogen) atoms. The fourth-order valence-corrected chi connectivity index (χ4v) is 2.40. The summed E-state index contributed by atoms with van der Waals surface area (Å²) >= 11 is 2.23. The third kappa shape index (κ3) is 3.62. The van der Waals surface area contributed by atoms with Crippen LogP contribution in [0.3, 0.4) is 0 Å². The molecule has 0 bridgehead atoms. The molecule has 2 nitrogen and oxygen atoms in total. The quantitative estimate of drug-likeness (QED) is 0.601. The van der Waals surface area contributed by atoms with Crippen LogP contribution in [0.4, 0.5) is 5.69 Å². The molecular weight excluding hydrogens is 349 g/mol. The highest BCUT2D eigenvalue weighted by atomic mass is 127. The van der Waals surface area contributed by atoms with Gasteiger partial charge in [0.15, 0.2) is 0 Å². The summed E-state index contributed by atoms with van der Waals surface area (Å²) in [6.45, 7) is 6.58. The number of anilines is 1. The first kappa shape index (κ1) is 14.2. The summed E-state index contributed by atoms with van der Waals surface area (Å²) in [7, 11) is 0. The van der Waals surface area contributed by atoms with E-state index in [1.165, 1.54) is 5.56 Å². The number of benzene rings is 2. The number of ether oxygens (including phenoxy) is 1. The van der Waals surface area contributed by atoms with Crippen LogP contribution in [0.15, 0.2) is 42.5 Å². The van der Waals surface area contributed by atoms with Gasteiger partial charge in [0.2, 0.25) is 0 Å². The van der Waals surface area contributed by atoms with Crippen LogP contribution >= 0.6 is 22.6 Å². The predicted molar refractivity (Wildman–Crippen MR) is 88.8 cm³/mol. The smallest absolute Gasteiger partial charge is 0.140 e. The molecule has 0 atom stereocenters. The highest BCUT2D eigenvalue weighted by molar-refractivity contribution is 14.1. The molecule has 3 heteroatoms. The number of nitrogens with two attached hydrogens (primary N) is 1. The maximum Gasteiger partial charge on any atom is 0.140 e. The van der Waals surface area contributed by atoms with Gasteiger partial charge in [0.05, 0.1) is 3.57 Å². The third-order valence-corrected chi connectivity index (χ3v) is 3.73. The summed E-state index contributed by atoms with van der Waals surface area (Å²) in [6, 6.07) is 13.9. The average Bonchev–Trinajstić information content (AvgIpc) is 2.32. The Bertz CT molecular complexity index is 588. The van der Waals surface area contributed by atoms with Crippen LogP contribution in [-0.2, 0) is 5.41 Å². The van der Waals surface area contributed by atoms with Crippen molar-refractivity contribution in [1.82, 2.24) is 0 Å². The molecule has 0 aliphatic heterocycles. The highest BCUT2D eigenvalue weighted by Gasteiger charge is 2.14. The number of halogens is 1. The Morgan fingerprint density at radius 1 is 1.05 bits per heavy atom. The van der Waals surface area contributed by atoms with Crippen LogP contribution in [0.25, 0.3) is 0 Å². The summed E-state index contributed by atoms with van der Waals surface area (Å²) in [4.78, 5) is 0. The first-order chi connectivity index (χ1) is 8.86. The van der Waals surface area contributed by atoms with Crippen molar-refractivity contribution in [3.8, 4) is 11.5 Å². The Morgan fingerprint density at radius 3 is 2.42 bits per heavy atom. The zero-order chi connectivity index (χ0) is 14.0. The molecule has 0 saturated heterocycles. The molecule has 0 heterocycles. The summed E-state index contributed by atoms with van der Waals surface area (Å²) in [5.41, 5.74) is 7.87. The van der Waals surface area contributed by atoms with E-state index in [0.29, 0.717) is 0 Å². The van der Waals surface area contributed by atoms with E-state index in [-0.39, 0.29) is 5.41 Å². The molecule has 2 rings (SSSR count). The predicted octanol–water partition coefficient (Wildman–Crippen LogP) is 4.96. The topological polar surface area (TPSA) is 35.2 Å². The van der Waals surface area contributed by atoms with Gasteiger partial charge in [0.1, 0.15) is 11.5 Å². The lowest BCUT2D eigenvalue weighted by Gasteiger charge is -2.19. The lowest BCUT2D eigenvalue weighted by molar-refractivity contribution is 0.475. The van der Waals surface area contributed by atoms with Gasteiger partial charge in [0.25, 0.3) is 0 Å². The van der Waals surface area contributed by atoms with Gasteiger partial charge in [0, 0.05) is 5.69 Å². The standard InChI is InChI=1S/C16H18INO/c1-16(2,3)11-5-4-6-13(9-11)19-15-8-7-12(18)10-14(15)17/h4-10H,18H2,1-3H3. The van der Waals surface area contributed by atoms with Crippen molar-refractivity contribution in [3.63, 3.8) is 0 Å². The van der Waals surface area contributed by atoms with Crippen LogP contribution in [0, 0.1) is 3.57 Å². The SMILES string of the molecule is CC(C)(C)c1cccc(Oc2ccc(N)cc2I)c1. The number of hydrogen-bond donors (Lipinski definition) is 1. The molecule has 0 aromatic heterocycles. The van der Waals surface area contributed by atoms with E-state index in [1.54, 1.807) is 0 Å². The Labute approximate surface area is 128 Å². The van der Waals surface area contributed by atoms with Crippen molar-refractivity contribution in [3.05, 3.63) is 51.6 Å². The minimum atomic E-state index is 0.119. The molecule has 0 saturated carbocycles. The first-order valence-electron chi connectivity index (χ1n) is 6.20. The molecule has 0 unspecified atom stereocenters. The van der Waals surface area contributed by atoms with Gasteiger partial charge in [-0.3, -0.25) is 0 Å². The van der Waals surface area contributed by atoms with Crippen LogP contribution < -0.4 is 10.5 Å². The van der Waals surface area contributed by atoms with E-state index in [2.05, 4.69) is 55.5 Å².